The Kier molecular flexibility index (Phi) is 3.35. The van der Waals surface area contributed by atoms with Crippen LogP contribution in [0.4, 0.5) is 5.82 Å². The number of aryl methyl sites for hydroxylation is 1. The van der Waals surface area contributed by atoms with Crippen molar-refractivity contribution < 1.29 is 4.74 Å². The lowest BCUT2D eigenvalue weighted by Crippen LogP contribution is -2.35. The van der Waals surface area contributed by atoms with Crippen molar-refractivity contribution in [3.8, 4) is 5.75 Å². The third-order valence-corrected chi connectivity index (χ3v) is 5.92. The smallest absolute Gasteiger partial charge is 0.145 e. The largest absolute Gasteiger partial charge is 0.494 e. The molecule has 0 spiro atoms. The van der Waals surface area contributed by atoms with Gasteiger partial charge in [0.25, 0.3) is 0 Å². The van der Waals surface area contributed by atoms with Crippen molar-refractivity contribution in [2.75, 3.05) is 18.6 Å². The molecule has 1 aliphatic heterocycles. The van der Waals surface area contributed by atoms with Crippen LogP contribution in [-0.4, -0.2) is 24.7 Å². The van der Waals surface area contributed by atoms with Gasteiger partial charge in [-0.05, 0) is 54.7 Å². The summed E-state index contributed by atoms with van der Waals surface area (Å²) in [7, 11) is 1.73. The normalized spacial score (nSPS) is 28.4. The van der Waals surface area contributed by atoms with E-state index in [0.29, 0.717) is 16.9 Å². The van der Waals surface area contributed by atoms with E-state index in [4.69, 9.17) is 9.72 Å². The van der Waals surface area contributed by atoms with Crippen molar-refractivity contribution >= 4 is 16.7 Å². The Bertz CT molecular complexity index is 798. The summed E-state index contributed by atoms with van der Waals surface area (Å²) in [5.74, 6) is 1.99. The van der Waals surface area contributed by atoms with Gasteiger partial charge in [0, 0.05) is 18.0 Å². The van der Waals surface area contributed by atoms with E-state index in [0.717, 1.165) is 23.6 Å². The van der Waals surface area contributed by atoms with E-state index >= 15 is 0 Å². The molecule has 1 saturated carbocycles. The van der Waals surface area contributed by atoms with Crippen LogP contribution in [-0.2, 0) is 0 Å². The number of ether oxygens (including phenoxy) is 1. The molecule has 1 saturated heterocycles. The third-order valence-electron chi connectivity index (χ3n) is 5.92. The van der Waals surface area contributed by atoms with Crippen molar-refractivity contribution in [3.05, 3.63) is 29.8 Å². The van der Waals surface area contributed by atoms with Gasteiger partial charge in [-0.15, -0.1) is 0 Å². The molecule has 3 nitrogen and oxygen atoms in total. The summed E-state index contributed by atoms with van der Waals surface area (Å²) in [4.78, 5) is 7.59. The monoisotopic (exact) mass is 324 g/mol. The maximum atomic E-state index is 5.56. The molecule has 1 aromatic heterocycles. The predicted molar refractivity (Wildman–Crippen MR) is 99.9 cm³/mol. The number of benzene rings is 1. The Morgan fingerprint density at radius 3 is 2.75 bits per heavy atom. The fourth-order valence-corrected chi connectivity index (χ4v) is 5.41. The second-order valence-corrected chi connectivity index (χ2v) is 9.00. The molecule has 2 aliphatic rings. The Balaban J connectivity index is 1.80. The summed E-state index contributed by atoms with van der Waals surface area (Å²) in [5, 5.41) is 1.19. The molecule has 4 rings (SSSR count). The molecule has 2 atom stereocenters. The molecule has 128 valence electrons. The van der Waals surface area contributed by atoms with Crippen LogP contribution in [0.25, 0.3) is 10.9 Å². The number of anilines is 1. The number of hydrogen-bond acceptors (Lipinski definition) is 3. The highest BCUT2D eigenvalue weighted by atomic mass is 16.5. The van der Waals surface area contributed by atoms with Gasteiger partial charge in [-0.1, -0.05) is 32.9 Å². The van der Waals surface area contributed by atoms with E-state index in [1.807, 2.05) is 12.1 Å². The maximum absolute atomic E-state index is 5.56. The quantitative estimate of drug-likeness (QED) is 0.781. The molecule has 2 unspecified atom stereocenters. The minimum Gasteiger partial charge on any atom is -0.494 e. The van der Waals surface area contributed by atoms with Crippen LogP contribution in [0.2, 0.25) is 0 Å². The van der Waals surface area contributed by atoms with E-state index in [1.54, 1.807) is 7.11 Å². The Labute approximate surface area is 145 Å². The van der Waals surface area contributed by atoms with Gasteiger partial charge < -0.3 is 9.64 Å². The van der Waals surface area contributed by atoms with Crippen molar-refractivity contribution in [2.45, 2.75) is 53.0 Å². The summed E-state index contributed by atoms with van der Waals surface area (Å²) in [6, 6.07) is 9.06. The Morgan fingerprint density at radius 1 is 1.21 bits per heavy atom. The standard InChI is InChI=1S/C21H28N2O/c1-14-9-18(22-19-16(14)7-6-8-17(19)24-5)23-13-21(4)11-15(23)10-20(2,3)12-21/h6-9,15H,10-13H2,1-5H3. The highest BCUT2D eigenvalue weighted by molar-refractivity contribution is 5.89. The molecule has 24 heavy (non-hydrogen) atoms. The lowest BCUT2D eigenvalue weighted by atomic mass is 9.65. The first-order valence-corrected chi connectivity index (χ1v) is 9.01. The number of rotatable bonds is 2. The molecule has 3 heteroatoms. The number of hydrogen-bond donors (Lipinski definition) is 0. The van der Waals surface area contributed by atoms with Crippen molar-refractivity contribution in [1.29, 1.82) is 0 Å². The van der Waals surface area contributed by atoms with Gasteiger partial charge in [0.2, 0.25) is 0 Å². The molecule has 2 fully saturated rings. The van der Waals surface area contributed by atoms with Crippen LogP contribution in [0.1, 0.15) is 45.6 Å². The lowest BCUT2D eigenvalue weighted by Gasteiger charge is -2.39. The van der Waals surface area contributed by atoms with Gasteiger partial charge >= 0.3 is 0 Å². The number of nitrogens with zero attached hydrogens (tertiary/aromatic N) is 2. The molecule has 0 radical (unpaired) electrons. The van der Waals surface area contributed by atoms with E-state index < -0.39 is 0 Å². The van der Waals surface area contributed by atoms with Crippen LogP contribution in [0.5, 0.6) is 5.75 Å². The second kappa shape index (κ2) is 5.11. The van der Waals surface area contributed by atoms with E-state index in [1.165, 1.54) is 30.2 Å². The third kappa shape index (κ3) is 2.45. The first kappa shape index (κ1) is 15.7. The highest BCUT2D eigenvalue weighted by Gasteiger charge is 2.49. The van der Waals surface area contributed by atoms with E-state index in [2.05, 4.69) is 44.7 Å². The topological polar surface area (TPSA) is 25.4 Å². The number of methoxy groups -OCH3 is 1. The first-order valence-electron chi connectivity index (χ1n) is 9.01. The highest BCUT2D eigenvalue weighted by Crippen LogP contribution is 2.53. The summed E-state index contributed by atoms with van der Waals surface area (Å²) >= 11 is 0. The molecule has 2 heterocycles. The SMILES string of the molecule is COc1cccc2c(C)cc(N3CC4(C)CC3CC(C)(C)C4)nc12. The number of pyridine rings is 1. The van der Waals surface area contributed by atoms with Crippen molar-refractivity contribution in [2.24, 2.45) is 10.8 Å². The average Bonchev–Trinajstić information content (AvgIpc) is 2.75. The maximum Gasteiger partial charge on any atom is 0.145 e. The van der Waals surface area contributed by atoms with Crippen molar-refractivity contribution in [1.82, 2.24) is 4.98 Å². The van der Waals surface area contributed by atoms with Gasteiger partial charge in [0.15, 0.2) is 0 Å². The van der Waals surface area contributed by atoms with Crippen LogP contribution in [0, 0.1) is 17.8 Å². The van der Waals surface area contributed by atoms with Gasteiger partial charge in [0.1, 0.15) is 17.1 Å². The van der Waals surface area contributed by atoms with Crippen molar-refractivity contribution in [3.63, 3.8) is 0 Å². The van der Waals surface area contributed by atoms with Crippen LogP contribution >= 0.6 is 0 Å². The minimum atomic E-state index is 0.414. The van der Waals surface area contributed by atoms with Gasteiger partial charge in [-0.3, -0.25) is 0 Å². The second-order valence-electron chi connectivity index (χ2n) is 9.00. The Morgan fingerprint density at radius 2 is 2.00 bits per heavy atom. The zero-order valence-electron chi connectivity index (χ0n) is 15.5. The summed E-state index contributed by atoms with van der Waals surface area (Å²) in [6.45, 7) is 10.6. The number of aromatic nitrogens is 1. The lowest BCUT2D eigenvalue weighted by molar-refractivity contribution is 0.136. The zero-order chi connectivity index (χ0) is 17.1. The molecule has 0 amide bonds. The first-order chi connectivity index (χ1) is 11.3. The number of fused-ring (bicyclic) bond motifs is 3. The zero-order valence-corrected chi connectivity index (χ0v) is 15.5. The molecule has 2 bridgehead atoms. The molecule has 1 aliphatic carbocycles. The van der Waals surface area contributed by atoms with Crippen LogP contribution < -0.4 is 9.64 Å². The predicted octanol–water partition coefficient (Wildman–Crippen LogP) is 4.96. The van der Waals surface area contributed by atoms with E-state index in [-0.39, 0.29) is 0 Å². The van der Waals surface area contributed by atoms with E-state index in [9.17, 15) is 0 Å². The summed E-state index contributed by atoms with van der Waals surface area (Å²) < 4.78 is 5.56. The average molecular weight is 324 g/mol. The van der Waals surface area contributed by atoms with Gasteiger partial charge in [-0.25, -0.2) is 4.98 Å². The number of para-hydroxylation sites is 1. The molecular weight excluding hydrogens is 296 g/mol. The van der Waals surface area contributed by atoms with Gasteiger partial charge in [-0.2, -0.15) is 0 Å². The summed E-state index contributed by atoms with van der Waals surface area (Å²) in [6.07, 6.45) is 3.86. The Hall–Kier alpha value is -1.77. The molecule has 0 N–H and O–H groups in total. The fourth-order valence-electron chi connectivity index (χ4n) is 5.41. The van der Waals surface area contributed by atoms with Crippen LogP contribution in [0.15, 0.2) is 24.3 Å². The minimum absolute atomic E-state index is 0.414. The summed E-state index contributed by atoms with van der Waals surface area (Å²) in [5.41, 5.74) is 3.11. The van der Waals surface area contributed by atoms with Gasteiger partial charge in [0.05, 0.1) is 7.11 Å². The molecule has 2 aromatic rings. The van der Waals surface area contributed by atoms with Crippen LogP contribution in [0.3, 0.4) is 0 Å². The molecule has 1 aromatic carbocycles. The fraction of sp³-hybridized carbons (Fsp3) is 0.571. The molecular formula is C21H28N2O.